The number of ether oxygens (including phenoxy) is 2. The number of hydrogen-bond donors (Lipinski definition) is 0. The van der Waals surface area contributed by atoms with Crippen molar-refractivity contribution in [1.29, 1.82) is 0 Å². The summed E-state index contributed by atoms with van der Waals surface area (Å²) in [6.45, 7) is 2.54. The van der Waals surface area contributed by atoms with Gasteiger partial charge in [0.2, 0.25) is 5.91 Å². The van der Waals surface area contributed by atoms with Gasteiger partial charge in [0.1, 0.15) is 12.4 Å². The summed E-state index contributed by atoms with van der Waals surface area (Å²) in [4.78, 5) is 45.1. The first-order valence-corrected chi connectivity index (χ1v) is 12.0. The summed E-state index contributed by atoms with van der Waals surface area (Å²) in [5.41, 5.74) is 0.982. The molecule has 2 aromatic heterocycles. The molecule has 1 amide bonds. The van der Waals surface area contributed by atoms with Crippen LogP contribution in [0.5, 0.6) is 5.75 Å². The molecule has 3 heterocycles. The lowest BCUT2D eigenvalue weighted by Gasteiger charge is -2.40. The number of para-hydroxylation sites is 1. The lowest BCUT2D eigenvalue weighted by molar-refractivity contribution is -0.158. The van der Waals surface area contributed by atoms with Gasteiger partial charge in [0.15, 0.2) is 4.96 Å². The van der Waals surface area contributed by atoms with Crippen molar-refractivity contribution in [2.24, 2.45) is 5.92 Å². The fraction of sp³-hybridized carbons (Fsp3) is 0.417. The second kappa shape index (κ2) is 10.2. The van der Waals surface area contributed by atoms with Gasteiger partial charge in [0, 0.05) is 36.2 Å². The third kappa shape index (κ3) is 4.78. The highest BCUT2D eigenvalue weighted by Crippen LogP contribution is 2.41. The molecule has 0 spiro atoms. The van der Waals surface area contributed by atoms with E-state index in [1.54, 1.807) is 23.6 Å². The molecule has 0 N–H and O–H groups in total. The molecule has 9 heteroatoms. The van der Waals surface area contributed by atoms with E-state index in [1.165, 1.54) is 21.8 Å². The molecule has 0 unspecified atom stereocenters. The average molecular weight is 470 g/mol. The van der Waals surface area contributed by atoms with Crippen molar-refractivity contribution in [2.75, 3.05) is 13.7 Å². The highest BCUT2D eigenvalue weighted by atomic mass is 32.1. The minimum Gasteiger partial charge on any atom is -0.496 e. The number of aromatic nitrogens is 2. The van der Waals surface area contributed by atoms with Crippen molar-refractivity contribution >= 4 is 28.2 Å². The maximum atomic E-state index is 13.3. The highest BCUT2D eigenvalue weighted by molar-refractivity contribution is 7.15. The first-order chi connectivity index (χ1) is 16.0. The van der Waals surface area contributed by atoms with E-state index in [4.69, 9.17) is 9.47 Å². The van der Waals surface area contributed by atoms with Crippen LogP contribution in [0.4, 0.5) is 0 Å². The molecule has 1 aliphatic rings. The number of esters is 1. The maximum absolute atomic E-state index is 13.3. The molecule has 4 rings (SSSR count). The second-order valence-electron chi connectivity index (χ2n) is 8.02. The minimum atomic E-state index is -0.539. The van der Waals surface area contributed by atoms with E-state index < -0.39 is 17.9 Å². The van der Waals surface area contributed by atoms with E-state index >= 15 is 0 Å². The largest absolute Gasteiger partial charge is 0.496 e. The standard InChI is InChI=1S/C24H27N3O5S/c1-3-4-11-26-20(28)10-9-18(22(26)17-7-5-6-8-19(17)31-2)23(30)32-15-16-14-21(29)27-12-13-33-24(27)25-16/h5-8,12-14,18,22H,3-4,9-11,15H2,1-2H3/t18-,22+/m0/s1. The predicted molar refractivity (Wildman–Crippen MR) is 124 cm³/mol. The lowest BCUT2D eigenvalue weighted by Crippen LogP contribution is -2.46. The quantitative estimate of drug-likeness (QED) is 0.469. The Labute approximate surface area is 195 Å². The van der Waals surface area contributed by atoms with E-state index in [-0.39, 0.29) is 24.5 Å². The number of carbonyl (C=O) groups excluding carboxylic acids is 2. The van der Waals surface area contributed by atoms with Crippen LogP contribution in [0, 0.1) is 5.92 Å². The van der Waals surface area contributed by atoms with Gasteiger partial charge < -0.3 is 14.4 Å². The summed E-state index contributed by atoms with van der Waals surface area (Å²) in [6, 6.07) is 8.38. The van der Waals surface area contributed by atoms with Gasteiger partial charge in [-0.2, -0.15) is 0 Å². The summed E-state index contributed by atoms with van der Waals surface area (Å²) in [7, 11) is 1.58. The molecular formula is C24H27N3O5S. The smallest absolute Gasteiger partial charge is 0.311 e. The normalized spacial score (nSPS) is 18.5. The zero-order valence-electron chi connectivity index (χ0n) is 18.7. The van der Waals surface area contributed by atoms with Crippen molar-refractivity contribution in [3.8, 4) is 5.75 Å². The Balaban J connectivity index is 1.60. The summed E-state index contributed by atoms with van der Waals surface area (Å²) in [6.07, 6.45) is 4.11. The molecule has 2 atom stereocenters. The van der Waals surface area contributed by atoms with Crippen LogP contribution in [0.1, 0.15) is 49.9 Å². The summed E-state index contributed by atoms with van der Waals surface area (Å²) < 4.78 is 12.6. The Morgan fingerprint density at radius 1 is 1.27 bits per heavy atom. The van der Waals surface area contributed by atoms with Crippen molar-refractivity contribution < 1.29 is 19.1 Å². The number of rotatable bonds is 8. The van der Waals surface area contributed by atoms with E-state index in [0.29, 0.717) is 29.4 Å². The van der Waals surface area contributed by atoms with Gasteiger partial charge in [-0.05, 0) is 18.9 Å². The first-order valence-electron chi connectivity index (χ1n) is 11.1. The Bertz CT molecular complexity index is 1200. The topological polar surface area (TPSA) is 90.2 Å². The maximum Gasteiger partial charge on any atom is 0.311 e. The minimum absolute atomic E-state index is 0.0289. The fourth-order valence-electron chi connectivity index (χ4n) is 4.30. The van der Waals surface area contributed by atoms with Crippen LogP contribution in [-0.2, 0) is 20.9 Å². The third-order valence-electron chi connectivity index (χ3n) is 5.94. The SMILES string of the molecule is CCCCN1C(=O)CC[C@H](C(=O)OCc2cc(=O)n3ccsc3n2)[C@H]1c1ccccc1OC. The summed E-state index contributed by atoms with van der Waals surface area (Å²) >= 11 is 1.34. The number of carbonyl (C=O) groups is 2. The van der Waals surface area contributed by atoms with Crippen molar-refractivity contribution in [3.63, 3.8) is 0 Å². The number of hydrogen-bond acceptors (Lipinski definition) is 7. The van der Waals surface area contributed by atoms with Gasteiger partial charge in [-0.25, -0.2) is 4.98 Å². The number of benzene rings is 1. The number of methoxy groups -OCH3 is 1. The Hall–Kier alpha value is -3.20. The van der Waals surface area contributed by atoms with Gasteiger partial charge in [0.25, 0.3) is 5.56 Å². The molecule has 1 aliphatic heterocycles. The lowest BCUT2D eigenvalue weighted by atomic mass is 9.83. The van der Waals surface area contributed by atoms with Gasteiger partial charge in [-0.3, -0.25) is 18.8 Å². The molecule has 0 bridgehead atoms. The zero-order chi connectivity index (χ0) is 23.4. The molecule has 8 nitrogen and oxygen atoms in total. The highest BCUT2D eigenvalue weighted by Gasteiger charge is 2.42. The average Bonchev–Trinajstić information content (AvgIpc) is 3.31. The number of likely N-dealkylation sites (tertiary alicyclic amines) is 1. The molecule has 174 valence electrons. The molecule has 0 aliphatic carbocycles. The molecule has 1 fully saturated rings. The monoisotopic (exact) mass is 469 g/mol. The molecule has 3 aromatic rings. The molecule has 1 aromatic carbocycles. The van der Waals surface area contributed by atoms with Crippen LogP contribution >= 0.6 is 11.3 Å². The van der Waals surface area contributed by atoms with Gasteiger partial charge in [-0.1, -0.05) is 31.5 Å². The van der Waals surface area contributed by atoms with Crippen LogP contribution in [0.3, 0.4) is 0 Å². The Morgan fingerprint density at radius 3 is 2.88 bits per heavy atom. The third-order valence-corrected chi connectivity index (χ3v) is 6.69. The summed E-state index contributed by atoms with van der Waals surface area (Å²) in [5, 5.41) is 1.78. The van der Waals surface area contributed by atoms with Crippen LogP contribution in [0.2, 0.25) is 0 Å². The molecule has 1 saturated heterocycles. The number of piperidine rings is 1. The number of nitrogens with zero attached hydrogens (tertiary/aromatic N) is 3. The number of fused-ring (bicyclic) bond motifs is 1. The number of amides is 1. The van der Waals surface area contributed by atoms with E-state index in [9.17, 15) is 14.4 Å². The Morgan fingerprint density at radius 2 is 2.09 bits per heavy atom. The number of unbranched alkanes of at least 4 members (excludes halogenated alkanes) is 1. The summed E-state index contributed by atoms with van der Waals surface area (Å²) in [5.74, 6) is -0.286. The van der Waals surface area contributed by atoms with Crippen LogP contribution < -0.4 is 10.3 Å². The number of thiazole rings is 1. The van der Waals surface area contributed by atoms with Gasteiger partial charge >= 0.3 is 5.97 Å². The molecule has 0 radical (unpaired) electrons. The van der Waals surface area contributed by atoms with E-state index in [0.717, 1.165) is 18.4 Å². The van der Waals surface area contributed by atoms with Crippen LogP contribution in [0.15, 0.2) is 46.7 Å². The van der Waals surface area contributed by atoms with E-state index in [2.05, 4.69) is 11.9 Å². The van der Waals surface area contributed by atoms with Gasteiger partial charge in [0.05, 0.1) is 24.8 Å². The first kappa shape index (κ1) is 23.0. The van der Waals surface area contributed by atoms with Crippen molar-refractivity contribution in [1.82, 2.24) is 14.3 Å². The molecular weight excluding hydrogens is 442 g/mol. The Kier molecular flexibility index (Phi) is 7.08. The predicted octanol–water partition coefficient (Wildman–Crippen LogP) is 3.59. The van der Waals surface area contributed by atoms with Crippen LogP contribution in [-0.4, -0.2) is 39.8 Å². The van der Waals surface area contributed by atoms with E-state index in [1.807, 2.05) is 24.3 Å². The molecule has 33 heavy (non-hydrogen) atoms. The fourth-order valence-corrected chi connectivity index (χ4v) is 5.04. The molecule has 0 saturated carbocycles. The van der Waals surface area contributed by atoms with Gasteiger partial charge in [-0.15, -0.1) is 11.3 Å². The van der Waals surface area contributed by atoms with Crippen LogP contribution in [0.25, 0.3) is 4.96 Å². The van der Waals surface area contributed by atoms with Crippen molar-refractivity contribution in [2.45, 2.75) is 45.3 Å². The zero-order valence-corrected chi connectivity index (χ0v) is 19.5. The van der Waals surface area contributed by atoms with Crippen molar-refractivity contribution in [3.05, 3.63) is 63.5 Å². The second-order valence-corrected chi connectivity index (χ2v) is 8.89.